The van der Waals surface area contributed by atoms with E-state index in [0.717, 1.165) is 54.8 Å². The molecule has 30 heavy (non-hydrogen) atoms. The second-order valence-electron chi connectivity index (χ2n) is 8.69. The van der Waals surface area contributed by atoms with Crippen molar-refractivity contribution in [1.82, 2.24) is 14.8 Å². The molecule has 1 atom stereocenters. The zero-order valence-corrected chi connectivity index (χ0v) is 18.4. The second kappa shape index (κ2) is 9.84. The lowest BCUT2D eigenvalue weighted by Gasteiger charge is -2.36. The summed E-state index contributed by atoms with van der Waals surface area (Å²) in [5.41, 5.74) is 1.85. The first-order valence-electron chi connectivity index (χ1n) is 11.4. The highest BCUT2D eigenvalue weighted by atomic mass is 16.5. The number of methoxy groups -OCH3 is 2. The molecule has 2 aromatic rings. The van der Waals surface area contributed by atoms with E-state index >= 15 is 0 Å². The van der Waals surface area contributed by atoms with Crippen molar-refractivity contribution in [1.29, 1.82) is 0 Å². The second-order valence-corrected chi connectivity index (χ2v) is 8.69. The van der Waals surface area contributed by atoms with Gasteiger partial charge in [0, 0.05) is 57.5 Å². The number of fused-ring (bicyclic) bond motifs is 1. The predicted octanol–water partition coefficient (Wildman–Crippen LogP) is 3.68. The summed E-state index contributed by atoms with van der Waals surface area (Å²) in [5.74, 6) is 1.65. The molecule has 0 bridgehead atoms. The Kier molecular flexibility index (Phi) is 6.95. The zero-order valence-electron chi connectivity index (χ0n) is 18.4. The Balaban J connectivity index is 1.68. The van der Waals surface area contributed by atoms with Crippen LogP contribution >= 0.6 is 0 Å². The summed E-state index contributed by atoms with van der Waals surface area (Å²) in [6.45, 7) is 4.00. The molecular weight excluding hydrogens is 378 g/mol. The minimum absolute atomic E-state index is 0.123. The molecule has 2 heterocycles. The van der Waals surface area contributed by atoms with Crippen molar-refractivity contribution in [2.75, 3.05) is 40.5 Å². The van der Waals surface area contributed by atoms with Crippen LogP contribution in [0.15, 0.2) is 24.4 Å². The molecule has 1 saturated heterocycles. The van der Waals surface area contributed by atoms with Crippen LogP contribution in [0.5, 0.6) is 5.75 Å². The van der Waals surface area contributed by atoms with Crippen LogP contribution in [0, 0.1) is 5.92 Å². The van der Waals surface area contributed by atoms with Gasteiger partial charge in [-0.1, -0.05) is 31.4 Å². The third kappa shape index (κ3) is 4.35. The summed E-state index contributed by atoms with van der Waals surface area (Å²) in [6, 6.07) is 6.21. The van der Waals surface area contributed by atoms with Crippen LogP contribution in [-0.2, 0) is 11.3 Å². The molecule has 1 aromatic heterocycles. The average Bonchev–Trinajstić information content (AvgIpc) is 3.16. The summed E-state index contributed by atoms with van der Waals surface area (Å²) in [4.78, 5) is 15.7. The number of nitrogens with zero attached hydrogens (tertiary/aromatic N) is 2. The first kappa shape index (κ1) is 21.2. The molecule has 1 aliphatic carbocycles. The Morgan fingerprint density at radius 3 is 2.80 bits per heavy atom. The van der Waals surface area contributed by atoms with Crippen LogP contribution in [0.2, 0.25) is 0 Å². The van der Waals surface area contributed by atoms with Gasteiger partial charge in [-0.25, -0.2) is 0 Å². The molecule has 0 spiro atoms. The molecule has 164 valence electrons. The lowest BCUT2D eigenvalue weighted by Crippen LogP contribution is -2.53. The van der Waals surface area contributed by atoms with Crippen LogP contribution in [0.1, 0.15) is 48.9 Å². The minimum Gasteiger partial charge on any atom is -0.495 e. The maximum atomic E-state index is 13.7. The highest BCUT2D eigenvalue weighted by Crippen LogP contribution is 2.34. The molecular formula is C24H35N3O3. The van der Waals surface area contributed by atoms with Crippen molar-refractivity contribution in [2.45, 2.75) is 51.1 Å². The van der Waals surface area contributed by atoms with Gasteiger partial charge in [-0.2, -0.15) is 0 Å². The Labute approximate surface area is 179 Å². The number of aromatic nitrogens is 1. The minimum atomic E-state index is 0.123. The monoisotopic (exact) mass is 413 g/mol. The number of rotatable bonds is 7. The number of para-hydroxylation sites is 1. The number of hydrogen-bond donors (Lipinski definition) is 1. The molecule has 1 saturated carbocycles. The van der Waals surface area contributed by atoms with E-state index in [2.05, 4.69) is 22.1 Å². The predicted molar refractivity (Wildman–Crippen MR) is 119 cm³/mol. The molecule has 1 unspecified atom stereocenters. The van der Waals surface area contributed by atoms with Crippen molar-refractivity contribution in [3.05, 3.63) is 30.0 Å². The van der Waals surface area contributed by atoms with Crippen LogP contribution in [0.25, 0.3) is 10.9 Å². The fourth-order valence-corrected chi connectivity index (χ4v) is 5.15. The quantitative estimate of drug-likeness (QED) is 0.752. The summed E-state index contributed by atoms with van der Waals surface area (Å²) in [5, 5.41) is 4.42. The maximum Gasteiger partial charge on any atom is 0.256 e. The van der Waals surface area contributed by atoms with Gasteiger partial charge in [0.25, 0.3) is 5.91 Å². The standard InChI is InChI=1S/C24H35N3O3/c1-29-14-11-19-15-25-12-13-27(19)24(28)21-17-26(16-18-7-4-3-5-8-18)23-20(21)9-6-10-22(23)30-2/h6,9-10,17-19,25H,3-5,7-8,11-16H2,1-2H3. The SMILES string of the molecule is COCCC1CNCCN1C(=O)c1cn(CC2CCCCC2)c2c(OC)cccc12. The highest BCUT2D eigenvalue weighted by Gasteiger charge is 2.30. The first-order chi connectivity index (χ1) is 14.7. The number of piperazine rings is 1. The summed E-state index contributed by atoms with van der Waals surface area (Å²) >= 11 is 0. The lowest BCUT2D eigenvalue weighted by molar-refractivity contribution is 0.0583. The van der Waals surface area contributed by atoms with Gasteiger partial charge in [0.15, 0.2) is 0 Å². The molecule has 0 radical (unpaired) electrons. The van der Waals surface area contributed by atoms with E-state index < -0.39 is 0 Å². The van der Waals surface area contributed by atoms with Crippen molar-refractivity contribution < 1.29 is 14.3 Å². The Morgan fingerprint density at radius 1 is 1.20 bits per heavy atom. The van der Waals surface area contributed by atoms with Crippen LogP contribution in [0.3, 0.4) is 0 Å². The zero-order chi connectivity index (χ0) is 20.9. The largest absolute Gasteiger partial charge is 0.495 e. The van der Waals surface area contributed by atoms with E-state index in [4.69, 9.17) is 9.47 Å². The van der Waals surface area contributed by atoms with Crippen molar-refractivity contribution in [3.8, 4) is 5.75 Å². The highest BCUT2D eigenvalue weighted by molar-refractivity contribution is 6.08. The molecule has 1 aromatic carbocycles. The summed E-state index contributed by atoms with van der Waals surface area (Å²) < 4.78 is 13.3. The molecule has 4 rings (SSSR count). The van der Waals surface area contributed by atoms with Gasteiger partial charge in [0.2, 0.25) is 0 Å². The summed E-state index contributed by atoms with van der Waals surface area (Å²) in [6.07, 6.45) is 9.45. The third-order valence-corrected chi connectivity index (χ3v) is 6.76. The number of carbonyl (C=O) groups excluding carboxylic acids is 1. The summed E-state index contributed by atoms with van der Waals surface area (Å²) in [7, 11) is 3.43. The molecule has 1 N–H and O–H groups in total. The van der Waals surface area contributed by atoms with E-state index in [1.165, 1.54) is 32.1 Å². The van der Waals surface area contributed by atoms with Crippen LogP contribution in [-0.4, -0.2) is 61.9 Å². The normalized spacial score (nSPS) is 20.6. The molecule has 2 aliphatic rings. The van der Waals surface area contributed by atoms with Crippen molar-refractivity contribution in [2.24, 2.45) is 5.92 Å². The fraction of sp³-hybridized carbons (Fsp3) is 0.625. The third-order valence-electron chi connectivity index (χ3n) is 6.76. The first-order valence-corrected chi connectivity index (χ1v) is 11.4. The number of hydrogen-bond acceptors (Lipinski definition) is 4. The number of carbonyl (C=O) groups is 1. The van der Waals surface area contributed by atoms with Crippen molar-refractivity contribution >= 4 is 16.8 Å². The molecule has 1 aliphatic heterocycles. The molecule has 1 amide bonds. The molecule has 6 heteroatoms. The maximum absolute atomic E-state index is 13.7. The van der Waals surface area contributed by atoms with E-state index in [-0.39, 0.29) is 11.9 Å². The smallest absolute Gasteiger partial charge is 0.256 e. The van der Waals surface area contributed by atoms with Crippen LogP contribution < -0.4 is 10.1 Å². The Bertz CT molecular complexity index is 857. The van der Waals surface area contributed by atoms with E-state index in [1.54, 1.807) is 14.2 Å². The van der Waals surface area contributed by atoms with Crippen LogP contribution in [0.4, 0.5) is 0 Å². The number of ether oxygens (including phenoxy) is 2. The Morgan fingerprint density at radius 2 is 2.03 bits per heavy atom. The van der Waals surface area contributed by atoms with Gasteiger partial charge >= 0.3 is 0 Å². The van der Waals surface area contributed by atoms with Gasteiger partial charge in [0.1, 0.15) is 5.75 Å². The Hall–Kier alpha value is -2.05. The van der Waals surface area contributed by atoms with Crippen molar-refractivity contribution in [3.63, 3.8) is 0 Å². The number of nitrogens with one attached hydrogen (secondary N) is 1. The van der Waals surface area contributed by atoms with E-state index in [0.29, 0.717) is 12.5 Å². The number of benzene rings is 1. The van der Waals surface area contributed by atoms with Gasteiger partial charge < -0.3 is 24.3 Å². The lowest BCUT2D eigenvalue weighted by atomic mass is 9.89. The number of amides is 1. The topological polar surface area (TPSA) is 55.7 Å². The van der Waals surface area contributed by atoms with E-state index in [9.17, 15) is 4.79 Å². The van der Waals surface area contributed by atoms with Gasteiger partial charge in [-0.15, -0.1) is 0 Å². The average molecular weight is 414 g/mol. The van der Waals surface area contributed by atoms with Gasteiger partial charge in [0.05, 0.1) is 18.2 Å². The molecule has 6 nitrogen and oxygen atoms in total. The van der Waals surface area contributed by atoms with Gasteiger partial charge in [-0.05, 0) is 31.2 Å². The van der Waals surface area contributed by atoms with E-state index in [1.807, 2.05) is 17.0 Å². The molecule has 2 fully saturated rings. The fourth-order valence-electron chi connectivity index (χ4n) is 5.15. The van der Waals surface area contributed by atoms with Gasteiger partial charge in [-0.3, -0.25) is 4.79 Å².